The second-order valence-electron chi connectivity index (χ2n) is 2.37. The summed E-state index contributed by atoms with van der Waals surface area (Å²) in [5, 5.41) is 0. The lowest BCUT2D eigenvalue weighted by molar-refractivity contribution is 0.615. The van der Waals surface area contributed by atoms with E-state index in [2.05, 4.69) is 52.6 Å². The highest BCUT2D eigenvalue weighted by Crippen LogP contribution is 2.20. The third-order valence-corrected chi connectivity index (χ3v) is 4.20. The third kappa shape index (κ3) is 3.08. The van der Waals surface area contributed by atoms with Gasteiger partial charge in [-0.05, 0) is 5.92 Å². The van der Waals surface area contributed by atoms with E-state index in [0.29, 0.717) is 15.6 Å². The predicted octanol–water partition coefficient (Wildman–Crippen LogP) is 3.19. The maximum absolute atomic E-state index is 3.56. The lowest BCUT2D eigenvalue weighted by Gasteiger charge is -2.15. The molecule has 0 fully saturated rings. The Balaban J connectivity index is 3.46. The average molecular weight is 244 g/mol. The largest absolute Gasteiger partial charge is 0.0881 e. The molecule has 0 aliphatic carbocycles. The Hall–Kier alpha value is 0.960. The van der Waals surface area contributed by atoms with Gasteiger partial charge < -0.3 is 0 Å². The van der Waals surface area contributed by atoms with Crippen molar-refractivity contribution in [3.05, 3.63) is 0 Å². The molecule has 0 rings (SSSR count). The van der Waals surface area contributed by atoms with Crippen molar-refractivity contribution in [3.63, 3.8) is 0 Å². The first-order valence-electron chi connectivity index (χ1n) is 2.84. The van der Waals surface area contributed by atoms with Crippen LogP contribution in [-0.2, 0) is 0 Å². The summed E-state index contributed by atoms with van der Waals surface area (Å²) in [5.74, 6) is 0.712. The Kier molecular flexibility index (Phi) is 4.35. The average Bonchev–Trinajstić information content (AvgIpc) is 1.64. The van der Waals surface area contributed by atoms with E-state index in [-0.39, 0.29) is 0 Å². The molecule has 0 spiro atoms. The molecule has 8 heavy (non-hydrogen) atoms. The van der Waals surface area contributed by atoms with Crippen LogP contribution in [0.25, 0.3) is 0 Å². The molecule has 0 nitrogen and oxygen atoms in total. The van der Waals surface area contributed by atoms with E-state index in [0.717, 1.165) is 0 Å². The van der Waals surface area contributed by atoms with Crippen LogP contribution in [-0.4, -0.2) is 9.65 Å². The quantitative estimate of drug-likeness (QED) is 0.654. The maximum Gasteiger partial charge on any atom is 0.0291 e. The first-order valence-corrected chi connectivity index (χ1v) is 4.67. The molecule has 50 valence electrons. The standard InChI is InChI=1S/C6H12Br2/c1-4(2)6(8)5(3)7/h4-6H,1-3H3. The van der Waals surface area contributed by atoms with Crippen molar-refractivity contribution in [3.8, 4) is 0 Å². The smallest absolute Gasteiger partial charge is 0.0291 e. The van der Waals surface area contributed by atoms with Crippen molar-refractivity contribution in [2.75, 3.05) is 0 Å². The fourth-order valence-corrected chi connectivity index (χ4v) is 1.14. The van der Waals surface area contributed by atoms with Crippen molar-refractivity contribution in [1.82, 2.24) is 0 Å². The maximum atomic E-state index is 3.56. The molecule has 0 heterocycles. The van der Waals surface area contributed by atoms with Crippen molar-refractivity contribution >= 4 is 31.9 Å². The van der Waals surface area contributed by atoms with Gasteiger partial charge in [0.1, 0.15) is 0 Å². The van der Waals surface area contributed by atoms with Crippen LogP contribution >= 0.6 is 31.9 Å². The van der Waals surface area contributed by atoms with Crippen molar-refractivity contribution in [2.45, 2.75) is 30.4 Å². The Bertz CT molecular complexity index is 51.5. The van der Waals surface area contributed by atoms with E-state index >= 15 is 0 Å². The minimum Gasteiger partial charge on any atom is -0.0881 e. The van der Waals surface area contributed by atoms with Crippen LogP contribution in [0.3, 0.4) is 0 Å². The zero-order valence-electron chi connectivity index (χ0n) is 5.49. The van der Waals surface area contributed by atoms with Gasteiger partial charge in [-0.15, -0.1) is 0 Å². The molecular formula is C6H12Br2. The van der Waals surface area contributed by atoms with E-state index in [9.17, 15) is 0 Å². The zero-order valence-corrected chi connectivity index (χ0v) is 8.66. The molecule has 0 saturated heterocycles. The molecule has 0 aromatic carbocycles. The van der Waals surface area contributed by atoms with Gasteiger partial charge in [-0.3, -0.25) is 0 Å². The van der Waals surface area contributed by atoms with Gasteiger partial charge in [0.05, 0.1) is 0 Å². The van der Waals surface area contributed by atoms with Crippen LogP contribution in [0.1, 0.15) is 20.8 Å². The molecule has 2 atom stereocenters. The van der Waals surface area contributed by atoms with Gasteiger partial charge in [-0.1, -0.05) is 52.6 Å². The minimum absolute atomic E-state index is 0.572. The summed E-state index contributed by atoms with van der Waals surface area (Å²) in [6.45, 7) is 6.56. The van der Waals surface area contributed by atoms with Gasteiger partial charge in [-0.2, -0.15) is 0 Å². The molecule has 0 radical (unpaired) electrons. The Morgan fingerprint density at radius 1 is 1.00 bits per heavy atom. The van der Waals surface area contributed by atoms with Gasteiger partial charge in [-0.25, -0.2) is 0 Å². The van der Waals surface area contributed by atoms with E-state index in [1.165, 1.54) is 0 Å². The van der Waals surface area contributed by atoms with Crippen molar-refractivity contribution in [2.24, 2.45) is 5.92 Å². The molecule has 2 unspecified atom stereocenters. The topological polar surface area (TPSA) is 0 Å². The number of hydrogen-bond acceptors (Lipinski definition) is 0. The van der Waals surface area contributed by atoms with Crippen LogP contribution in [0.5, 0.6) is 0 Å². The molecule has 0 saturated carbocycles. The Morgan fingerprint density at radius 2 is 1.38 bits per heavy atom. The Morgan fingerprint density at radius 3 is 1.38 bits per heavy atom. The van der Waals surface area contributed by atoms with E-state index in [1.807, 2.05) is 0 Å². The summed E-state index contributed by atoms with van der Waals surface area (Å²) in [7, 11) is 0. The fraction of sp³-hybridized carbons (Fsp3) is 1.00. The SMILES string of the molecule is CC(C)C(Br)C(C)Br. The summed E-state index contributed by atoms with van der Waals surface area (Å²) in [4.78, 5) is 1.17. The van der Waals surface area contributed by atoms with Crippen LogP contribution in [0.4, 0.5) is 0 Å². The van der Waals surface area contributed by atoms with E-state index < -0.39 is 0 Å². The van der Waals surface area contributed by atoms with Gasteiger partial charge in [0.25, 0.3) is 0 Å². The zero-order chi connectivity index (χ0) is 6.73. The lowest BCUT2D eigenvalue weighted by atomic mass is 10.1. The van der Waals surface area contributed by atoms with Crippen LogP contribution < -0.4 is 0 Å². The molecule has 0 aliphatic heterocycles. The van der Waals surface area contributed by atoms with Gasteiger partial charge in [0, 0.05) is 9.65 Å². The number of halogens is 2. The number of hydrogen-bond donors (Lipinski definition) is 0. The number of rotatable bonds is 2. The van der Waals surface area contributed by atoms with Gasteiger partial charge >= 0.3 is 0 Å². The summed E-state index contributed by atoms with van der Waals surface area (Å²) >= 11 is 7.05. The molecule has 0 aromatic heterocycles. The summed E-state index contributed by atoms with van der Waals surface area (Å²) in [5.41, 5.74) is 0. The molecule has 0 amide bonds. The van der Waals surface area contributed by atoms with E-state index in [1.54, 1.807) is 0 Å². The summed E-state index contributed by atoms with van der Waals surface area (Å²) in [6, 6.07) is 0. The van der Waals surface area contributed by atoms with Crippen LogP contribution in [0.2, 0.25) is 0 Å². The highest BCUT2D eigenvalue weighted by atomic mass is 79.9. The highest BCUT2D eigenvalue weighted by Gasteiger charge is 2.13. The Labute approximate surface area is 68.3 Å². The van der Waals surface area contributed by atoms with Crippen molar-refractivity contribution in [1.29, 1.82) is 0 Å². The molecule has 0 N–H and O–H groups in total. The summed E-state index contributed by atoms with van der Waals surface area (Å²) in [6.07, 6.45) is 0. The van der Waals surface area contributed by atoms with Gasteiger partial charge in [0.2, 0.25) is 0 Å². The second kappa shape index (κ2) is 3.89. The molecule has 0 aromatic rings. The fourth-order valence-electron chi connectivity index (χ4n) is 0.530. The second-order valence-corrected chi connectivity index (χ2v) is 4.87. The first kappa shape index (κ1) is 8.96. The van der Waals surface area contributed by atoms with Crippen LogP contribution in [0, 0.1) is 5.92 Å². The number of alkyl halides is 2. The highest BCUT2D eigenvalue weighted by molar-refractivity contribution is 9.12. The van der Waals surface area contributed by atoms with E-state index in [4.69, 9.17) is 0 Å². The molecule has 0 aliphatic rings. The van der Waals surface area contributed by atoms with Crippen molar-refractivity contribution < 1.29 is 0 Å². The molecule has 0 bridgehead atoms. The monoisotopic (exact) mass is 242 g/mol. The van der Waals surface area contributed by atoms with Gasteiger partial charge in [0.15, 0.2) is 0 Å². The third-order valence-electron chi connectivity index (χ3n) is 1.08. The summed E-state index contributed by atoms with van der Waals surface area (Å²) < 4.78 is 0. The van der Waals surface area contributed by atoms with Crippen LogP contribution in [0.15, 0.2) is 0 Å². The first-order chi connectivity index (χ1) is 3.55. The normalized spacial score (nSPS) is 18.8. The lowest BCUT2D eigenvalue weighted by Crippen LogP contribution is -2.16. The molecule has 2 heteroatoms. The molecular weight excluding hydrogens is 232 g/mol. The predicted molar refractivity (Wildman–Crippen MR) is 45.9 cm³/mol. The minimum atomic E-state index is 0.572.